The summed E-state index contributed by atoms with van der Waals surface area (Å²) >= 11 is 0. The van der Waals surface area contributed by atoms with Gasteiger partial charge >= 0.3 is 0 Å². The van der Waals surface area contributed by atoms with Crippen LogP contribution in [0.4, 0.5) is 14.5 Å². The molecule has 0 aliphatic carbocycles. The van der Waals surface area contributed by atoms with Crippen molar-refractivity contribution in [2.75, 3.05) is 18.9 Å². The monoisotopic (exact) mass is 215 g/mol. The quantitative estimate of drug-likeness (QED) is 0.584. The van der Waals surface area contributed by atoms with E-state index in [2.05, 4.69) is 0 Å². The zero-order valence-electron chi connectivity index (χ0n) is 8.46. The lowest BCUT2D eigenvalue weighted by Gasteiger charge is -2.04. The van der Waals surface area contributed by atoms with Crippen molar-refractivity contribution in [2.24, 2.45) is 0 Å². The highest BCUT2D eigenvalue weighted by atomic mass is 19.3. The lowest BCUT2D eigenvalue weighted by molar-refractivity contribution is 0.0168. The lowest BCUT2D eigenvalue weighted by Crippen LogP contribution is -2.06. The summed E-state index contributed by atoms with van der Waals surface area (Å²) in [6, 6.07) is 7.54. The van der Waals surface area contributed by atoms with Gasteiger partial charge in [-0.1, -0.05) is 12.1 Å². The molecule has 0 aliphatic rings. The van der Waals surface area contributed by atoms with E-state index in [1.165, 1.54) is 0 Å². The molecular weight excluding hydrogens is 200 g/mol. The van der Waals surface area contributed by atoms with E-state index >= 15 is 0 Å². The summed E-state index contributed by atoms with van der Waals surface area (Å²) in [5.74, 6) is 0. The molecule has 0 unspecified atom stereocenters. The first-order chi connectivity index (χ1) is 7.18. The third-order valence-electron chi connectivity index (χ3n) is 1.95. The molecule has 0 heterocycles. The van der Waals surface area contributed by atoms with E-state index in [-0.39, 0.29) is 0 Å². The largest absolute Gasteiger partial charge is 0.399 e. The summed E-state index contributed by atoms with van der Waals surface area (Å²) in [6.07, 6.45) is -0.845. The van der Waals surface area contributed by atoms with Crippen molar-refractivity contribution in [3.05, 3.63) is 29.8 Å². The third kappa shape index (κ3) is 5.32. The minimum Gasteiger partial charge on any atom is -0.399 e. The van der Waals surface area contributed by atoms with Gasteiger partial charge in [-0.2, -0.15) is 0 Å². The molecule has 4 heteroatoms. The fraction of sp³-hybridized carbons (Fsp3) is 0.455. The molecule has 2 N–H and O–H groups in total. The molecule has 0 fully saturated rings. The van der Waals surface area contributed by atoms with Crippen LogP contribution in [0, 0.1) is 0 Å². The van der Waals surface area contributed by atoms with Gasteiger partial charge in [-0.25, -0.2) is 8.78 Å². The van der Waals surface area contributed by atoms with Crippen LogP contribution >= 0.6 is 0 Å². The van der Waals surface area contributed by atoms with Crippen LogP contribution in [0.2, 0.25) is 0 Å². The molecule has 0 aromatic heterocycles. The van der Waals surface area contributed by atoms with Crippen LogP contribution in [0.3, 0.4) is 0 Å². The highest BCUT2D eigenvalue weighted by Gasteiger charge is 2.01. The number of benzene rings is 1. The number of rotatable bonds is 6. The van der Waals surface area contributed by atoms with Gasteiger partial charge in [0.25, 0.3) is 6.43 Å². The zero-order chi connectivity index (χ0) is 11.1. The van der Waals surface area contributed by atoms with Crippen molar-refractivity contribution in [3.63, 3.8) is 0 Å². The van der Waals surface area contributed by atoms with Crippen LogP contribution < -0.4 is 5.73 Å². The van der Waals surface area contributed by atoms with Gasteiger partial charge in [0.05, 0.1) is 0 Å². The van der Waals surface area contributed by atoms with Gasteiger partial charge < -0.3 is 10.5 Å². The number of halogens is 2. The summed E-state index contributed by atoms with van der Waals surface area (Å²) in [6.45, 7) is -0.115. The first-order valence-corrected chi connectivity index (χ1v) is 4.89. The Balaban J connectivity index is 2.15. The summed E-state index contributed by atoms with van der Waals surface area (Å²) in [5, 5.41) is 0. The summed E-state index contributed by atoms with van der Waals surface area (Å²) in [7, 11) is 0. The Morgan fingerprint density at radius 3 is 2.80 bits per heavy atom. The van der Waals surface area contributed by atoms with Crippen LogP contribution in [0.5, 0.6) is 0 Å². The third-order valence-corrected chi connectivity index (χ3v) is 1.95. The molecule has 0 saturated carbocycles. The summed E-state index contributed by atoms with van der Waals surface area (Å²) < 4.78 is 28.2. The van der Waals surface area contributed by atoms with E-state index in [1.54, 1.807) is 0 Å². The van der Waals surface area contributed by atoms with Gasteiger partial charge in [0.15, 0.2) is 0 Å². The maximum atomic E-state index is 11.7. The SMILES string of the molecule is Nc1cccc(CCCOCC(F)F)c1. The minimum absolute atomic E-state index is 0.360. The zero-order valence-corrected chi connectivity index (χ0v) is 8.46. The smallest absolute Gasteiger partial charge is 0.261 e. The Morgan fingerprint density at radius 1 is 1.33 bits per heavy atom. The number of nitrogen functional groups attached to an aromatic ring is 1. The molecule has 84 valence electrons. The maximum absolute atomic E-state index is 11.7. The van der Waals surface area contributed by atoms with E-state index < -0.39 is 13.0 Å². The second kappa shape index (κ2) is 6.35. The molecule has 2 nitrogen and oxygen atoms in total. The number of nitrogens with two attached hydrogens (primary N) is 1. The summed E-state index contributed by atoms with van der Waals surface area (Å²) in [4.78, 5) is 0. The first-order valence-electron chi connectivity index (χ1n) is 4.89. The number of hydrogen-bond acceptors (Lipinski definition) is 2. The Hall–Kier alpha value is -1.16. The van der Waals surface area contributed by atoms with Gasteiger partial charge in [-0.3, -0.25) is 0 Å². The van der Waals surface area contributed by atoms with Gasteiger partial charge in [0.2, 0.25) is 0 Å². The molecule has 15 heavy (non-hydrogen) atoms. The predicted octanol–water partition coefficient (Wildman–Crippen LogP) is 2.48. The second-order valence-corrected chi connectivity index (χ2v) is 3.31. The highest BCUT2D eigenvalue weighted by molar-refractivity contribution is 5.40. The lowest BCUT2D eigenvalue weighted by atomic mass is 10.1. The molecule has 0 radical (unpaired) electrons. The normalized spacial score (nSPS) is 10.9. The van der Waals surface area contributed by atoms with Crippen molar-refractivity contribution >= 4 is 5.69 Å². The number of hydrogen-bond donors (Lipinski definition) is 1. The van der Waals surface area contributed by atoms with Crippen LogP contribution in [0.15, 0.2) is 24.3 Å². The predicted molar refractivity (Wildman–Crippen MR) is 56.0 cm³/mol. The minimum atomic E-state index is -2.38. The van der Waals surface area contributed by atoms with Gasteiger partial charge in [-0.05, 0) is 30.5 Å². The highest BCUT2D eigenvalue weighted by Crippen LogP contribution is 2.08. The van der Waals surface area contributed by atoms with Gasteiger partial charge in [-0.15, -0.1) is 0 Å². The second-order valence-electron chi connectivity index (χ2n) is 3.31. The van der Waals surface area contributed by atoms with E-state index in [9.17, 15) is 8.78 Å². The van der Waals surface area contributed by atoms with Crippen molar-refractivity contribution in [3.8, 4) is 0 Å². The van der Waals surface area contributed by atoms with Crippen LogP contribution in [0.1, 0.15) is 12.0 Å². The molecule has 0 spiro atoms. The van der Waals surface area contributed by atoms with E-state index in [0.29, 0.717) is 6.61 Å². The fourth-order valence-electron chi connectivity index (χ4n) is 1.30. The van der Waals surface area contributed by atoms with Crippen LogP contribution in [0.25, 0.3) is 0 Å². The van der Waals surface area contributed by atoms with E-state index in [4.69, 9.17) is 10.5 Å². The molecule has 0 bridgehead atoms. The maximum Gasteiger partial charge on any atom is 0.261 e. The topological polar surface area (TPSA) is 35.2 Å². The Kier molecular flexibility index (Phi) is 5.04. The van der Waals surface area contributed by atoms with E-state index in [0.717, 1.165) is 24.1 Å². The molecule has 1 aromatic rings. The molecule has 0 aliphatic heterocycles. The van der Waals surface area contributed by atoms with E-state index in [1.807, 2.05) is 24.3 Å². The Labute approximate surface area is 88.0 Å². The Bertz CT molecular complexity index is 292. The van der Waals surface area contributed by atoms with Gasteiger partial charge in [0.1, 0.15) is 6.61 Å². The molecular formula is C11H15F2NO. The molecule has 0 saturated heterocycles. The number of ether oxygens (including phenoxy) is 1. The first kappa shape index (κ1) is 11.9. The van der Waals surface area contributed by atoms with Crippen molar-refractivity contribution in [1.82, 2.24) is 0 Å². The molecule has 1 aromatic carbocycles. The van der Waals surface area contributed by atoms with Crippen molar-refractivity contribution in [1.29, 1.82) is 0 Å². The number of aryl methyl sites for hydroxylation is 1. The van der Waals surface area contributed by atoms with Crippen LogP contribution in [-0.2, 0) is 11.2 Å². The molecule has 1 rings (SSSR count). The average molecular weight is 215 g/mol. The number of alkyl halides is 2. The summed E-state index contributed by atoms with van der Waals surface area (Å²) in [5.41, 5.74) is 7.43. The molecule has 0 amide bonds. The Morgan fingerprint density at radius 2 is 2.13 bits per heavy atom. The standard InChI is InChI=1S/C11H15F2NO/c12-11(13)8-15-6-2-4-9-3-1-5-10(14)7-9/h1,3,5,7,11H,2,4,6,8,14H2. The fourth-order valence-corrected chi connectivity index (χ4v) is 1.30. The van der Waals surface area contributed by atoms with Crippen LogP contribution in [-0.4, -0.2) is 19.6 Å². The number of anilines is 1. The van der Waals surface area contributed by atoms with Crippen molar-refractivity contribution < 1.29 is 13.5 Å². The van der Waals surface area contributed by atoms with Crippen molar-refractivity contribution in [2.45, 2.75) is 19.3 Å². The van der Waals surface area contributed by atoms with Gasteiger partial charge in [0, 0.05) is 12.3 Å². The molecule has 0 atom stereocenters. The average Bonchev–Trinajstić information content (AvgIpc) is 2.17.